The Morgan fingerprint density at radius 2 is 1.96 bits per heavy atom. The summed E-state index contributed by atoms with van der Waals surface area (Å²) in [5.74, 6) is 2.32. The van der Waals surface area contributed by atoms with Crippen LogP contribution >= 0.6 is 24.0 Å². The van der Waals surface area contributed by atoms with Crippen LogP contribution in [0, 0.1) is 6.92 Å². The maximum atomic E-state index is 5.90. The first kappa shape index (κ1) is 23.0. The van der Waals surface area contributed by atoms with Crippen molar-refractivity contribution in [2.24, 2.45) is 4.99 Å². The lowest BCUT2D eigenvalue weighted by atomic mass is 10.2. The van der Waals surface area contributed by atoms with Crippen molar-refractivity contribution in [3.05, 3.63) is 53.9 Å². The Morgan fingerprint density at radius 3 is 2.63 bits per heavy atom. The van der Waals surface area contributed by atoms with Crippen LogP contribution in [0.5, 0.6) is 11.5 Å². The Labute approximate surface area is 178 Å². The molecule has 1 atom stereocenters. The van der Waals surface area contributed by atoms with Crippen molar-refractivity contribution in [2.75, 3.05) is 27.2 Å². The average molecular weight is 484 g/mol. The van der Waals surface area contributed by atoms with Crippen LogP contribution in [-0.2, 0) is 6.42 Å². The van der Waals surface area contributed by atoms with Gasteiger partial charge in [-0.25, -0.2) is 0 Å². The molecule has 0 aliphatic carbocycles. The van der Waals surface area contributed by atoms with E-state index in [1.54, 1.807) is 14.2 Å². The second-order valence-corrected chi connectivity index (χ2v) is 6.05. The molecule has 0 amide bonds. The summed E-state index contributed by atoms with van der Waals surface area (Å²) in [7, 11) is 3.41. The molecule has 6 nitrogen and oxygen atoms in total. The summed E-state index contributed by atoms with van der Waals surface area (Å²) in [6.07, 6.45) is 2.79. The third-order valence-corrected chi connectivity index (χ3v) is 3.84. The summed E-state index contributed by atoms with van der Waals surface area (Å²) in [6.45, 7) is 5.43. The van der Waals surface area contributed by atoms with Crippen LogP contribution < -0.4 is 20.1 Å². The molecule has 1 aromatic heterocycles. The molecule has 0 spiro atoms. The number of methoxy groups -OCH3 is 1. The Kier molecular flexibility index (Phi) is 10.5. The van der Waals surface area contributed by atoms with Crippen molar-refractivity contribution in [1.29, 1.82) is 0 Å². The van der Waals surface area contributed by atoms with Gasteiger partial charge in [-0.1, -0.05) is 12.1 Å². The van der Waals surface area contributed by atoms with Gasteiger partial charge in [-0.05, 0) is 44.0 Å². The van der Waals surface area contributed by atoms with Gasteiger partial charge in [0, 0.05) is 31.5 Å². The first-order valence-electron chi connectivity index (χ1n) is 8.77. The van der Waals surface area contributed by atoms with E-state index in [1.165, 1.54) is 5.56 Å². The number of ether oxygens (including phenoxy) is 2. The maximum absolute atomic E-state index is 5.90. The van der Waals surface area contributed by atoms with Crippen LogP contribution in [0.2, 0.25) is 0 Å². The van der Waals surface area contributed by atoms with Gasteiger partial charge >= 0.3 is 0 Å². The van der Waals surface area contributed by atoms with Crippen LogP contribution in [-0.4, -0.2) is 44.3 Å². The van der Waals surface area contributed by atoms with Crippen LogP contribution in [0.3, 0.4) is 0 Å². The lowest BCUT2D eigenvalue weighted by Crippen LogP contribution is -2.42. The summed E-state index contributed by atoms with van der Waals surface area (Å²) < 4.78 is 11.1. The van der Waals surface area contributed by atoms with Crippen molar-refractivity contribution in [3.63, 3.8) is 0 Å². The standard InChI is InChI=1S/C20H28N4O2.HI/c1-15-8-9-17(14-23-15)10-11-22-20(21-3)24-13-16(2)26-19-7-5-6-18(12-19)25-4;/h5-9,12,14,16H,10-11,13H2,1-4H3,(H2,21,22,24);1H. The smallest absolute Gasteiger partial charge is 0.191 e. The lowest BCUT2D eigenvalue weighted by Gasteiger charge is -2.18. The minimum atomic E-state index is -0.0121. The van der Waals surface area contributed by atoms with Gasteiger partial charge < -0.3 is 20.1 Å². The second kappa shape index (κ2) is 12.4. The number of benzene rings is 1. The number of hydrogen-bond acceptors (Lipinski definition) is 4. The minimum absolute atomic E-state index is 0. The predicted octanol–water partition coefficient (Wildman–Crippen LogP) is 3.19. The zero-order valence-corrected chi connectivity index (χ0v) is 18.7. The first-order chi connectivity index (χ1) is 12.6. The second-order valence-electron chi connectivity index (χ2n) is 6.05. The first-order valence-corrected chi connectivity index (χ1v) is 8.77. The zero-order valence-electron chi connectivity index (χ0n) is 16.4. The van der Waals surface area contributed by atoms with Crippen molar-refractivity contribution in [2.45, 2.75) is 26.4 Å². The molecule has 1 heterocycles. The molecule has 0 bridgehead atoms. The van der Waals surface area contributed by atoms with Gasteiger partial charge in [0.1, 0.15) is 17.6 Å². The topological polar surface area (TPSA) is 67.8 Å². The highest BCUT2D eigenvalue weighted by Crippen LogP contribution is 2.19. The third kappa shape index (κ3) is 8.47. The lowest BCUT2D eigenvalue weighted by molar-refractivity contribution is 0.223. The summed E-state index contributed by atoms with van der Waals surface area (Å²) >= 11 is 0. The molecule has 0 saturated heterocycles. The molecule has 7 heteroatoms. The van der Waals surface area contributed by atoms with Gasteiger partial charge in [-0.3, -0.25) is 9.98 Å². The third-order valence-electron chi connectivity index (χ3n) is 3.84. The highest BCUT2D eigenvalue weighted by molar-refractivity contribution is 14.0. The Bertz CT molecular complexity index is 707. The number of aliphatic imine (C=N–C) groups is 1. The van der Waals surface area contributed by atoms with E-state index in [4.69, 9.17) is 9.47 Å². The molecule has 2 aromatic rings. The van der Waals surface area contributed by atoms with Gasteiger partial charge in [0.15, 0.2) is 5.96 Å². The molecule has 1 aromatic carbocycles. The number of nitrogens with one attached hydrogen (secondary N) is 2. The van der Waals surface area contributed by atoms with Crippen LogP contribution in [0.1, 0.15) is 18.2 Å². The van der Waals surface area contributed by atoms with Gasteiger partial charge in [-0.15, -0.1) is 24.0 Å². The van der Waals surface area contributed by atoms with Crippen LogP contribution in [0.4, 0.5) is 0 Å². The molecule has 0 aliphatic heterocycles. The monoisotopic (exact) mass is 484 g/mol. The van der Waals surface area contributed by atoms with E-state index in [0.29, 0.717) is 6.54 Å². The van der Waals surface area contributed by atoms with Crippen LogP contribution in [0.15, 0.2) is 47.6 Å². The quantitative estimate of drug-likeness (QED) is 0.342. The molecule has 0 radical (unpaired) electrons. The van der Waals surface area contributed by atoms with Gasteiger partial charge in [0.25, 0.3) is 0 Å². The molecule has 0 aliphatic rings. The minimum Gasteiger partial charge on any atom is -0.497 e. The largest absolute Gasteiger partial charge is 0.497 e. The Morgan fingerprint density at radius 1 is 1.19 bits per heavy atom. The van der Waals surface area contributed by atoms with E-state index in [9.17, 15) is 0 Å². The normalized spacial score (nSPS) is 11.9. The summed E-state index contributed by atoms with van der Waals surface area (Å²) in [5.41, 5.74) is 2.23. The van der Waals surface area contributed by atoms with E-state index in [2.05, 4.69) is 26.7 Å². The number of aromatic nitrogens is 1. The summed E-state index contributed by atoms with van der Waals surface area (Å²) in [4.78, 5) is 8.55. The molecule has 1 unspecified atom stereocenters. The molecule has 148 valence electrons. The molecular formula is C20H29IN4O2. The van der Waals surface area contributed by atoms with Crippen molar-refractivity contribution in [3.8, 4) is 11.5 Å². The van der Waals surface area contributed by atoms with Crippen LogP contribution in [0.25, 0.3) is 0 Å². The highest BCUT2D eigenvalue weighted by atomic mass is 127. The Balaban J connectivity index is 0.00000364. The Hall–Kier alpha value is -2.03. The van der Waals surface area contributed by atoms with Crippen molar-refractivity contribution in [1.82, 2.24) is 15.6 Å². The fraction of sp³-hybridized carbons (Fsp3) is 0.400. The fourth-order valence-electron chi connectivity index (χ4n) is 2.38. The SMILES string of the molecule is CN=C(NCCc1ccc(C)nc1)NCC(C)Oc1cccc(OC)c1.I. The maximum Gasteiger partial charge on any atom is 0.191 e. The fourth-order valence-corrected chi connectivity index (χ4v) is 2.38. The summed E-state index contributed by atoms with van der Waals surface area (Å²) in [5, 5.41) is 6.59. The summed E-state index contributed by atoms with van der Waals surface area (Å²) in [6, 6.07) is 11.7. The van der Waals surface area contributed by atoms with E-state index in [1.807, 2.05) is 50.4 Å². The predicted molar refractivity (Wildman–Crippen MR) is 121 cm³/mol. The molecular weight excluding hydrogens is 455 g/mol. The van der Waals surface area contributed by atoms with Gasteiger partial charge in [0.2, 0.25) is 0 Å². The van der Waals surface area contributed by atoms with Crippen molar-refractivity contribution >= 4 is 29.9 Å². The number of hydrogen-bond donors (Lipinski definition) is 2. The number of guanidine groups is 1. The van der Waals surface area contributed by atoms with E-state index >= 15 is 0 Å². The molecule has 2 rings (SSSR count). The number of nitrogens with zero attached hydrogens (tertiary/aromatic N) is 2. The number of halogens is 1. The van der Waals surface area contributed by atoms with Crippen molar-refractivity contribution < 1.29 is 9.47 Å². The molecule has 27 heavy (non-hydrogen) atoms. The van der Waals surface area contributed by atoms with E-state index in [-0.39, 0.29) is 30.1 Å². The van der Waals surface area contributed by atoms with Gasteiger partial charge in [0.05, 0.1) is 13.7 Å². The molecule has 0 fully saturated rings. The van der Waals surface area contributed by atoms with E-state index < -0.39 is 0 Å². The number of pyridine rings is 1. The number of rotatable bonds is 8. The van der Waals surface area contributed by atoms with E-state index in [0.717, 1.165) is 36.1 Å². The zero-order chi connectivity index (χ0) is 18.8. The highest BCUT2D eigenvalue weighted by Gasteiger charge is 2.06. The molecule has 2 N–H and O–H groups in total. The molecule has 0 saturated carbocycles. The number of aryl methyl sites for hydroxylation is 1. The average Bonchev–Trinajstić information content (AvgIpc) is 2.66. The van der Waals surface area contributed by atoms with Gasteiger partial charge in [-0.2, -0.15) is 0 Å².